The molecular formula is C18H29N. The van der Waals surface area contributed by atoms with Crippen molar-refractivity contribution in [1.82, 2.24) is 0 Å². The van der Waals surface area contributed by atoms with Crippen LogP contribution < -0.4 is 5.73 Å². The quantitative estimate of drug-likeness (QED) is 0.809. The summed E-state index contributed by atoms with van der Waals surface area (Å²) in [7, 11) is 0. The van der Waals surface area contributed by atoms with Crippen LogP contribution in [0, 0.1) is 32.1 Å². The molecule has 2 atom stereocenters. The number of hydrogen-bond donors (Lipinski definition) is 1. The number of nitrogens with two attached hydrogens (primary N) is 1. The van der Waals surface area contributed by atoms with Crippen LogP contribution in [0.5, 0.6) is 0 Å². The molecule has 1 aliphatic carbocycles. The lowest BCUT2D eigenvalue weighted by molar-refractivity contribution is 0.112. The highest BCUT2D eigenvalue weighted by Gasteiger charge is 2.37. The smallest absolute Gasteiger partial charge is 0.0333 e. The third-order valence-electron chi connectivity index (χ3n) is 5.09. The van der Waals surface area contributed by atoms with Gasteiger partial charge in [0.2, 0.25) is 0 Å². The van der Waals surface area contributed by atoms with Crippen molar-refractivity contribution in [2.24, 2.45) is 17.1 Å². The molecule has 2 N–H and O–H groups in total. The summed E-state index contributed by atoms with van der Waals surface area (Å²) in [6.07, 6.45) is 5.30. The van der Waals surface area contributed by atoms with Crippen molar-refractivity contribution in [3.05, 3.63) is 34.4 Å². The van der Waals surface area contributed by atoms with Crippen molar-refractivity contribution < 1.29 is 0 Å². The molecule has 0 radical (unpaired) electrons. The van der Waals surface area contributed by atoms with Crippen molar-refractivity contribution in [2.45, 2.75) is 66.3 Å². The molecule has 1 heteroatoms. The fraction of sp³-hybridized carbons (Fsp3) is 0.667. The fourth-order valence-electron chi connectivity index (χ4n) is 4.10. The van der Waals surface area contributed by atoms with Crippen LogP contribution in [-0.4, -0.2) is 0 Å². The lowest BCUT2D eigenvalue weighted by atomic mass is 9.64. The van der Waals surface area contributed by atoms with Gasteiger partial charge >= 0.3 is 0 Å². The van der Waals surface area contributed by atoms with E-state index >= 15 is 0 Å². The standard InChI is InChI=1S/C18H29N/c1-12-10-13(2)16(14(3)11-12)17(19)15-8-6-7-9-18(15,4)5/h10-11,15,17H,6-9,19H2,1-5H3. The van der Waals surface area contributed by atoms with Crippen LogP contribution in [0.4, 0.5) is 0 Å². The summed E-state index contributed by atoms with van der Waals surface area (Å²) in [6.45, 7) is 11.4. The molecule has 19 heavy (non-hydrogen) atoms. The van der Waals surface area contributed by atoms with Gasteiger partial charge in [0.05, 0.1) is 0 Å². The fourth-order valence-corrected chi connectivity index (χ4v) is 4.10. The highest BCUT2D eigenvalue weighted by atomic mass is 14.7. The van der Waals surface area contributed by atoms with Crippen molar-refractivity contribution >= 4 is 0 Å². The van der Waals surface area contributed by atoms with E-state index in [1.807, 2.05) is 0 Å². The summed E-state index contributed by atoms with van der Waals surface area (Å²) in [5, 5.41) is 0. The first-order chi connectivity index (χ1) is 8.83. The molecule has 0 spiro atoms. The average molecular weight is 259 g/mol. The Kier molecular flexibility index (Phi) is 4.06. The SMILES string of the molecule is Cc1cc(C)c(C(N)C2CCCCC2(C)C)c(C)c1. The Morgan fingerprint density at radius 3 is 2.21 bits per heavy atom. The Morgan fingerprint density at radius 2 is 1.68 bits per heavy atom. The largest absolute Gasteiger partial charge is 0.324 e. The van der Waals surface area contributed by atoms with Gasteiger partial charge in [-0.3, -0.25) is 0 Å². The number of benzene rings is 1. The zero-order valence-corrected chi connectivity index (χ0v) is 13.2. The van der Waals surface area contributed by atoms with Gasteiger partial charge in [-0.05, 0) is 61.6 Å². The molecule has 0 bridgehead atoms. The second-order valence-electron chi connectivity index (χ2n) is 7.18. The van der Waals surface area contributed by atoms with Gasteiger partial charge in [0.1, 0.15) is 0 Å². The minimum atomic E-state index is 0.191. The maximum atomic E-state index is 6.70. The molecule has 2 unspecified atom stereocenters. The van der Waals surface area contributed by atoms with E-state index in [4.69, 9.17) is 5.73 Å². The maximum absolute atomic E-state index is 6.70. The van der Waals surface area contributed by atoms with Crippen LogP contribution in [0.25, 0.3) is 0 Å². The van der Waals surface area contributed by atoms with Crippen LogP contribution in [0.3, 0.4) is 0 Å². The Morgan fingerprint density at radius 1 is 1.11 bits per heavy atom. The molecule has 0 saturated heterocycles. The van der Waals surface area contributed by atoms with E-state index in [1.54, 1.807) is 0 Å². The molecule has 2 rings (SSSR count). The van der Waals surface area contributed by atoms with E-state index in [1.165, 1.54) is 47.9 Å². The minimum absolute atomic E-state index is 0.191. The summed E-state index contributed by atoms with van der Waals surface area (Å²) in [4.78, 5) is 0. The normalized spacial score (nSPS) is 24.2. The van der Waals surface area contributed by atoms with Gasteiger partial charge in [0.25, 0.3) is 0 Å². The van der Waals surface area contributed by atoms with E-state index in [-0.39, 0.29) is 6.04 Å². The second-order valence-corrected chi connectivity index (χ2v) is 7.18. The van der Waals surface area contributed by atoms with Gasteiger partial charge in [-0.15, -0.1) is 0 Å². The second kappa shape index (κ2) is 5.28. The lowest BCUT2D eigenvalue weighted by Gasteiger charge is -2.43. The maximum Gasteiger partial charge on any atom is 0.0333 e. The molecule has 0 aliphatic heterocycles. The number of aryl methyl sites for hydroxylation is 3. The molecule has 0 aromatic heterocycles. The highest BCUT2D eigenvalue weighted by molar-refractivity contribution is 5.40. The number of rotatable bonds is 2. The molecule has 1 saturated carbocycles. The molecule has 1 aromatic rings. The zero-order chi connectivity index (χ0) is 14.2. The predicted molar refractivity (Wildman–Crippen MR) is 83.3 cm³/mol. The third-order valence-corrected chi connectivity index (χ3v) is 5.09. The first kappa shape index (κ1) is 14.6. The summed E-state index contributed by atoms with van der Waals surface area (Å²) in [5.41, 5.74) is 12.5. The Bertz CT molecular complexity index is 436. The monoisotopic (exact) mass is 259 g/mol. The molecule has 1 nitrogen and oxygen atoms in total. The summed E-state index contributed by atoms with van der Waals surface area (Å²) in [6, 6.07) is 4.74. The summed E-state index contributed by atoms with van der Waals surface area (Å²) >= 11 is 0. The average Bonchev–Trinajstić information content (AvgIpc) is 2.26. The van der Waals surface area contributed by atoms with Gasteiger partial charge < -0.3 is 5.73 Å². The van der Waals surface area contributed by atoms with Gasteiger partial charge in [0.15, 0.2) is 0 Å². The van der Waals surface area contributed by atoms with Crippen molar-refractivity contribution in [2.75, 3.05) is 0 Å². The molecule has 0 heterocycles. The topological polar surface area (TPSA) is 26.0 Å². The van der Waals surface area contributed by atoms with E-state index in [9.17, 15) is 0 Å². The molecular weight excluding hydrogens is 230 g/mol. The summed E-state index contributed by atoms with van der Waals surface area (Å²) < 4.78 is 0. The van der Waals surface area contributed by atoms with E-state index in [0.717, 1.165) is 0 Å². The number of hydrogen-bond acceptors (Lipinski definition) is 1. The van der Waals surface area contributed by atoms with Crippen molar-refractivity contribution in [3.8, 4) is 0 Å². The first-order valence-electron chi connectivity index (χ1n) is 7.66. The van der Waals surface area contributed by atoms with Gasteiger partial charge in [-0.1, -0.05) is 44.4 Å². The lowest BCUT2D eigenvalue weighted by Crippen LogP contribution is -2.37. The van der Waals surface area contributed by atoms with E-state index in [0.29, 0.717) is 11.3 Å². The van der Waals surface area contributed by atoms with Crippen LogP contribution in [0.15, 0.2) is 12.1 Å². The van der Waals surface area contributed by atoms with Gasteiger partial charge in [-0.2, -0.15) is 0 Å². The van der Waals surface area contributed by atoms with Crippen molar-refractivity contribution in [1.29, 1.82) is 0 Å². The van der Waals surface area contributed by atoms with E-state index in [2.05, 4.69) is 46.8 Å². The molecule has 1 aliphatic rings. The van der Waals surface area contributed by atoms with Gasteiger partial charge in [0, 0.05) is 6.04 Å². The molecule has 1 fully saturated rings. The Labute approximate surface area is 118 Å². The Hall–Kier alpha value is -0.820. The molecule has 0 amide bonds. The molecule has 106 valence electrons. The van der Waals surface area contributed by atoms with Crippen LogP contribution >= 0.6 is 0 Å². The first-order valence-corrected chi connectivity index (χ1v) is 7.66. The van der Waals surface area contributed by atoms with Crippen LogP contribution in [-0.2, 0) is 0 Å². The van der Waals surface area contributed by atoms with Crippen molar-refractivity contribution in [3.63, 3.8) is 0 Å². The third kappa shape index (κ3) is 2.86. The summed E-state index contributed by atoms with van der Waals surface area (Å²) in [5.74, 6) is 0.612. The van der Waals surface area contributed by atoms with E-state index < -0.39 is 0 Å². The zero-order valence-electron chi connectivity index (χ0n) is 13.2. The predicted octanol–water partition coefficient (Wildman–Crippen LogP) is 4.83. The Balaban J connectivity index is 2.36. The molecule has 1 aromatic carbocycles. The van der Waals surface area contributed by atoms with Gasteiger partial charge in [-0.25, -0.2) is 0 Å². The van der Waals surface area contributed by atoms with Crippen LogP contribution in [0.2, 0.25) is 0 Å². The van der Waals surface area contributed by atoms with Crippen LogP contribution in [0.1, 0.15) is 67.8 Å². The minimum Gasteiger partial charge on any atom is -0.324 e. The highest BCUT2D eigenvalue weighted by Crippen LogP contribution is 2.46.